The number of nitrogens with zero attached hydrogens (tertiary/aromatic N) is 4. The molecule has 3 aromatic heterocycles. The number of aromatic nitrogens is 2. The third-order valence-corrected chi connectivity index (χ3v) is 9.76. The van der Waals surface area contributed by atoms with Gasteiger partial charge < -0.3 is 13.6 Å². The van der Waals surface area contributed by atoms with Crippen molar-refractivity contribution in [3.8, 4) is 28.6 Å². The minimum atomic E-state index is 0.596. The van der Waals surface area contributed by atoms with Crippen molar-refractivity contribution in [2.24, 2.45) is 0 Å². The number of fused-ring (bicyclic) bond motifs is 9. The summed E-state index contributed by atoms with van der Waals surface area (Å²) in [4.78, 5) is 3.66. The number of benzene rings is 7. The zero-order valence-corrected chi connectivity index (χ0v) is 26.1. The molecule has 5 heteroatoms. The quantitative estimate of drug-likeness (QED) is 0.184. The van der Waals surface area contributed by atoms with Crippen molar-refractivity contribution in [1.82, 2.24) is 9.13 Å². The van der Waals surface area contributed by atoms with Crippen molar-refractivity contribution in [2.75, 3.05) is 0 Å². The molecule has 5 nitrogen and oxygen atoms in total. The van der Waals surface area contributed by atoms with E-state index in [1.54, 1.807) is 6.07 Å². The second kappa shape index (κ2) is 10.2. The molecule has 0 radical (unpaired) electrons. The number of hydrogen-bond donors (Lipinski definition) is 0. The molecule has 0 saturated heterocycles. The number of hydrogen-bond acceptors (Lipinski definition) is 2. The van der Waals surface area contributed by atoms with Crippen LogP contribution in [0.3, 0.4) is 0 Å². The predicted octanol–water partition coefficient (Wildman–Crippen LogP) is 11.9. The Kier molecular flexibility index (Phi) is 5.64. The number of para-hydroxylation sites is 4. The van der Waals surface area contributed by atoms with Crippen LogP contribution in [-0.2, 0) is 0 Å². The van der Waals surface area contributed by atoms with E-state index in [9.17, 15) is 5.26 Å². The first-order valence-corrected chi connectivity index (χ1v) is 16.1. The molecule has 10 rings (SSSR count). The summed E-state index contributed by atoms with van der Waals surface area (Å²) in [6.07, 6.45) is 0. The maximum Gasteiger partial charge on any atom is 0.188 e. The van der Waals surface area contributed by atoms with Gasteiger partial charge in [-0.15, -0.1) is 0 Å². The molecule has 0 N–H and O–H groups in total. The molecule has 0 fully saturated rings. The molecule has 226 valence electrons. The molecule has 10 aromatic rings. The van der Waals surface area contributed by atoms with E-state index in [2.05, 4.69) is 135 Å². The van der Waals surface area contributed by atoms with Crippen molar-refractivity contribution in [2.45, 2.75) is 0 Å². The summed E-state index contributed by atoms with van der Waals surface area (Å²) in [5.74, 6) is 0. The molecule has 0 amide bonds. The van der Waals surface area contributed by atoms with Gasteiger partial charge in [-0.25, -0.2) is 4.85 Å². The van der Waals surface area contributed by atoms with Crippen LogP contribution in [0.2, 0.25) is 0 Å². The standard InChI is InChI=1S/C44H24N4O/c1-46-28-19-21-43-35(23-28)36-24-34-32-13-5-9-17-40(32)48(42(34)25-44(36)49-43)38-15-7-3-11-30(38)29-10-2-6-14-37(29)47-39-16-8-4-12-31(39)33-22-27(26-45)18-20-41(33)47/h2-25H. The molecule has 0 aliphatic carbocycles. The lowest BCUT2D eigenvalue weighted by Crippen LogP contribution is -2.01. The molecule has 7 aromatic carbocycles. The lowest BCUT2D eigenvalue weighted by atomic mass is 10.0. The lowest BCUT2D eigenvalue weighted by molar-refractivity contribution is 0.669. The summed E-state index contributed by atoms with van der Waals surface area (Å²) in [5.41, 5.74) is 11.4. The van der Waals surface area contributed by atoms with E-state index in [0.29, 0.717) is 11.3 Å². The van der Waals surface area contributed by atoms with Crippen molar-refractivity contribution in [3.05, 3.63) is 163 Å². The summed E-state index contributed by atoms with van der Waals surface area (Å²) in [5, 5.41) is 16.1. The van der Waals surface area contributed by atoms with Crippen molar-refractivity contribution in [3.63, 3.8) is 0 Å². The van der Waals surface area contributed by atoms with Gasteiger partial charge in [0.15, 0.2) is 5.69 Å². The maximum atomic E-state index is 9.70. The molecule has 0 aliphatic heterocycles. The zero-order valence-electron chi connectivity index (χ0n) is 26.1. The molecule has 0 saturated carbocycles. The Morgan fingerprint density at radius 2 is 1.06 bits per heavy atom. The summed E-state index contributed by atoms with van der Waals surface area (Å²) in [6.45, 7) is 7.54. The van der Waals surface area contributed by atoms with Crippen LogP contribution in [0.4, 0.5) is 5.69 Å². The molecule has 0 spiro atoms. The average molecular weight is 625 g/mol. The van der Waals surface area contributed by atoms with E-state index >= 15 is 0 Å². The van der Waals surface area contributed by atoms with Gasteiger partial charge in [0.1, 0.15) is 11.2 Å². The van der Waals surface area contributed by atoms with E-state index in [-0.39, 0.29) is 0 Å². The Labute approximate surface area is 280 Å². The highest BCUT2D eigenvalue weighted by Gasteiger charge is 2.21. The third kappa shape index (κ3) is 3.85. The van der Waals surface area contributed by atoms with Crippen molar-refractivity contribution >= 4 is 71.2 Å². The second-order valence-corrected chi connectivity index (χ2v) is 12.3. The SMILES string of the molecule is [C-]#[N+]c1ccc2oc3cc4c(cc3c2c1)c1ccccc1n4-c1ccccc1-c1ccccc1-n1c2ccccc2c2cc(C#N)ccc21. The van der Waals surface area contributed by atoms with E-state index in [4.69, 9.17) is 11.0 Å². The fourth-order valence-electron chi connectivity index (χ4n) is 7.65. The normalized spacial score (nSPS) is 11.6. The van der Waals surface area contributed by atoms with Crippen LogP contribution in [-0.4, -0.2) is 9.13 Å². The summed E-state index contributed by atoms with van der Waals surface area (Å²) in [7, 11) is 0. The van der Waals surface area contributed by atoms with Crippen LogP contribution < -0.4 is 0 Å². The van der Waals surface area contributed by atoms with Crippen LogP contribution >= 0.6 is 0 Å². The van der Waals surface area contributed by atoms with E-state index < -0.39 is 0 Å². The summed E-state index contributed by atoms with van der Waals surface area (Å²) in [6, 6.07) is 52.3. The van der Waals surface area contributed by atoms with Gasteiger partial charge in [0.2, 0.25) is 0 Å². The van der Waals surface area contributed by atoms with Crippen LogP contribution in [0.15, 0.2) is 150 Å². The van der Waals surface area contributed by atoms with E-state index in [1.807, 2.05) is 24.3 Å². The van der Waals surface area contributed by atoms with Gasteiger partial charge in [0.05, 0.1) is 51.6 Å². The predicted molar refractivity (Wildman–Crippen MR) is 199 cm³/mol. The highest BCUT2D eigenvalue weighted by molar-refractivity contribution is 6.18. The molecule has 0 aliphatic rings. The van der Waals surface area contributed by atoms with E-state index in [1.165, 1.54) is 0 Å². The van der Waals surface area contributed by atoms with Crippen molar-refractivity contribution in [1.29, 1.82) is 5.26 Å². The number of rotatable bonds is 3. The Morgan fingerprint density at radius 3 is 1.73 bits per heavy atom. The van der Waals surface area contributed by atoms with Gasteiger partial charge >= 0.3 is 0 Å². The molecule has 0 atom stereocenters. The summed E-state index contributed by atoms with van der Waals surface area (Å²) >= 11 is 0. The average Bonchev–Trinajstić information content (AvgIpc) is 3.80. The maximum absolute atomic E-state index is 9.70. The monoisotopic (exact) mass is 624 g/mol. The molecule has 49 heavy (non-hydrogen) atoms. The highest BCUT2D eigenvalue weighted by atomic mass is 16.3. The Bertz CT molecular complexity index is 3090. The minimum Gasteiger partial charge on any atom is -0.456 e. The van der Waals surface area contributed by atoms with E-state index in [0.717, 1.165) is 88.1 Å². The smallest absolute Gasteiger partial charge is 0.188 e. The number of furan rings is 1. The van der Waals surface area contributed by atoms with Crippen LogP contribution in [0.1, 0.15) is 5.56 Å². The Morgan fingerprint density at radius 1 is 0.490 bits per heavy atom. The lowest BCUT2D eigenvalue weighted by Gasteiger charge is -2.18. The largest absolute Gasteiger partial charge is 0.456 e. The molecular weight excluding hydrogens is 601 g/mol. The van der Waals surface area contributed by atoms with Gasteiger partial charge in [-0.2, -0.15) is 5.26 Å². The van der Waals surface area contributed by atoms with Gasteiger partial charge in [-0.1, -0.05) is 78.9 Å². The molecule has 0 bridgehead atoms. The van der Waals surface area contributed by atoms with Gasteiger partial charge in [0, 0.05) is 49.5 Å². The third-order valence-electron chi connectivity index (χ3n) is 9.76. The fourth-order valence-corrected chi connectivity index (χ4v) is 7.65. The van der Waals surface area contributed by atoms with Gasteiger partial charge in [-0.3, -0.25) is 0 Å². The molecular formula is C44H24N4O. The first-order valence-electron chi connectivity index (χ1n) is 16.1. The van der Waals surface area contributed by atoms with Gasteiger partial charge in [0.25, 0.3) is 0 Å². The first-order chi connectivity index (χ1) is 24.2. The van der Waals surface area contributed by atoms with Gasteiger partial charge in [-0.05, 0) is 60.7 Å². The molecule has 0 unspecified atom stereocenters. The second-order valence-electron chi connectivity index (χ2n) is 12.3. The van der Waals surface area contributed by atoms with Crippen LogP contribution in [0.5, 0.6) is 0 Å². The topological polar surface area (TPSA) is 51.1 Å². The van der Waals surface area contributed by atoms with Crippen molar-refractivity contribution < 1.29 is 4.42 Å². The highest BCUT2D eigenvalue weighted by Crippen LogP contribution is 2.43. The first kappa shape index (κ1) is 27.1. The molecule has 3 heterocycles. The fraction of sp³-hybridized carbons (Fsp3) is 0. The zero-order chi connectivity index (χ0) is 32.6. The van der Waals surface area contributed by atoms with Crippen LogP contribution in [0.25, 0.3) is 92.9 Å². The Hall–Kier alpha value is -7.08. The summed E-state index contributed by atoms with van der Waals surface area (Å²) < 4.78 is 11.1. The Balaban J connectivity index is 1.27. The minimum absolute atomic E-state index is 0.596. The number of nitriles is 1. The van der Waals surface area contributed by atoms with Crippen LogP contribution in [0, 0.1) is 17.9 Å².